The molecule has 7 N–H and O–H groups in total. The second kappa shape index (κ2) is 12.2. The molecule has 1 aliphatic rings. The van der Waals surface area contributed by atoms with Crippen LogP contribution in [0.25, 0.3) is 0 Å². The van der Waals surface area contributed by atoms with E-state index < -0.39 is 48.6 Å². The summed E-state index contributed by atoms with van der Waals surface area (Å²) in [7, 11) is 0. The third-order valence-corrected chi connectivity index (χ3v) is 5.70. The van der Waals surface area contributed by atoms with Gasteiger partial charge < -0.3 is 36.6 Å². The Morgan fingerprint density at radius 2 is 1.97 bits per heavy atom. The third kappa shape index (κ3) is 8.41. The van der Waals surface area contributed by atoms with Gasteiger partial charge in [-0.15, -0.1) is 0 Å². The highest BCUT2D eigenvalue weighted by Crippen LogP contribution is 2.27. The first-order valence-electron chi connectivity index (χ1n) is 11.9. The molecule has 0 fully saturated rings. The fraction of sp³-hybridized carbons (Fsp3) is 0.346. The van der Waals surface area contributed by atoms with Crippen LogP contribution < -0.4 is 21.3 Å². The molecular formula is C26H29FN6O6. The van der Waals surface area contributed by atoms with Crippen molar-refractivity contribution in [2.24, 2.45) is 4.99 Å². The van der Waals surface area contributed by atoms with Crippen molar-refractivity contribution in [1.82, 2.24) is 16.0 Å². The van der Waals surface area contributed by atoms with Crippen LogP contribution >= 0.6 is 0 Å². The number of guanidine groups is 1. The second-order valence-electron chi connectivity index (χ2n) is 9.48. The number of halogens is 1. The largest absolute Gasteiger partial charge is 0.508 e. The molecule has 2 unspecified atom stereocenters. The lowest BCUT2D eigenvalue weighted by Crippen LogP contribution is -2.41. The summed E-state index contributed by atoms with van der Waals surface area (Å²) in [6, 6.07) is 9.22. The number of phenolic OH excluding ortho intramolecular Hbond substituents is 1. The van der Waals surface area contributed by atoms with Crippen LogP contribution in [0.2, 0.25) is 0 Å². The van der Waals surface area contributed by atoms with Gasteiger partial charge >= 0.3 is 5.97 Å². The first-order chi connectivity index (χ1) is 18.3. The van der Waals surface area contributed by atoms with Crippen LogP contribution in [0.5, 0.6) is 5.75 Å². The Labute approximate surface area is 223 Å². The predicted molar refractivity (Wildman–Crippen MR) is 139 cm³/mol. The lowest BCUT2D eigenvalue weighted by molar-refractivity contribution is -0.137. The van der Waals surface area contributed by atoms with Gasteiger partial charge in [0.05, 0.1) is 49.3 Å². The van der Waals surface area contributed by atoms with Crippen LogP contribution in [-0.4, -0.2) is 64.9 Å². The van der Waals surface area contributed by atoms with Gasteiger partial charge in [-0.1, -0.05) is 6.07 Å². The lowest BCUT2D eigenvalue weighted by atomic mass is 9.91. The molecule has 0 spiro atoms. The number of amides is 2. The van der Waals surface area contributed by atoms with Crippen molar-refractivity contribution in [1.29, 1.82) is 5.26 Å². The Morgan fingerprint density at radius 1 is 1.23 bits per heavy atom. The monoisotopic (exact) mass is 540 g/mol. The number of phenols is 1. The maximum absolute atomic E-state index is 13.2. The van der Waals surface area contributed by atoms with Gasteiger partial charge in [-0.05, 0) is 49.2 Å². The van der Waals surface area contributed by atoms with Crippen LogP contribution in [0.4, 0.5) is 10.1 Å². The van der Waals surface area contributed by atoms with Crippen molar-refractivity contribution in [3.8, 4) is 11.8 Å². The normalized spacial score (nSPS) is 15.7. The SMILES string of the molecule is CC(C)(O)c1cc(C#N)cc(C(CC(=O)O)NC(=O)CNC(=O)c2cc(O)cc(NC3=NCC(F)CN3)c2)c1. The number of nitrogens with zero attached hydrogens (tertiary/aromatic N) is 2. The Hall–Kier alpha value is -4.70. The Kier molecular flexibility index (Phi) is 9.05. The quantitative estimate of drug-likeness (QED) is 0.245. The number of carbonyl (C=O) groups is 3. The van der Waals surface area contributed by atoms with Gasteiger partial charge in [0.1, 0.15) is 11.9 Å². The van der Waals surface area contributed by atoms with Gasteiger partial charge in [0.2, 0.25) is 5.91 Å². The molecule has 39 heavy (non-hydrogen) atoms. The lowest BCUT2D eigenvalue weighted by Gasteiger charge is -2.23. The molecule has 0 radical (unpaired) electrons. The number of rotatable bonds is 9. The molecule has 2 amide bonds. The van der Waals surface area contributed by atoms with Gasteiger partial charge in [0.25, 0.3) is 5.91 Å². The number of benzene rings is 2. The summed E-state index contributed by atoms with van der Waals surface area (Å²) in [6.07, 6.45) is -1.62. The zero-order valence-corrected chi connectivity index (χ0v) is 21.3. The van der Waals surface area contributed by atoms with Gasteiger partial charge in [-0.25, -0.2) is 9.38 Å². The first kappa shape index (κ1) is 28.9. The number of aliphatic hydroxyl groups is 1. The van der Waals surface area contributed by atoms with E-state index in [1.54, 1.807) is 0 Å². The number of carbonyl (C=O) groups excluding carboxylic acids is 2. The van der Waals surface area contributed by atoms with Crippen molar-refractivity contribution in [2.75, 3.05) is 25.0 Å². The molecule has 2 aromatic carbocycles. The molecule has 0 bridgehead atoms. The zero-order valence-electron chi connectivity index (χ0n) is 21.3. The summed E-state index contributed by atoms with van der Waals surface area (Å²) in [5.74, 6) is -2.58. The summed E-state index contributed by atoms with van der Waals surface area (Å²) in [6.45, 7) is 2.54. The smallest absolute Gasteiger partial charge is 0.305 e. The van der Waals surface area contributed by atoms with Gasteiger partial charge in [0.15, 0.2) is 5.96 Å². The summed E-state index contributed by atoms with van der Waals surface area (Å²) in [5.41, 5.74) is -0.164. The molecule has 3 rings (SSSR count). The van der Waals surface area contributed by atoms with Gasteiger partial charge in [-0.3, -0.25) is 14.4 Å². The minimum Gasteiger partial charge on any atom is -0.508 e. The summed E-state index contributed by atoms with van der Waals surface area (Å²) in [5, 5.41) is 49.7. The number of aliphatic imine (C=N–C) groups is 1. The molecule has 1 aliphatic heterocycles. The van der Waals surface area contributed by atoms with Crippen LogP contribution in [-0.2, 0) is 15.2 Å². The molecule has 0 saturated carbocycles. The maximum Gasteiger partial charge on any atom is 0.305 e. The molecular weight excluding hydrogens is 511 g/mol. The Morgan fingerprint density at radius 3 is 2.59 bits per heavy atom. The topological polar surface area (TPSA) is 196 Å². The van der Waals surface area contributed by atoms with E-state index >= 15 is 0 Å². The highest BCUT2D eigenvalue weighted by molar-refractivity contribution is 6.00. The van der Waals surface area contributed by atoms with Crippen LogP contribution in [0.1, 0.15) is 53.4 Å². The van der Waals surface area contributed by atoms with Gasteiger partial charge in [-0.2, -0.15) is 5.26 Å². The number of anilines is 1. The number of aliphatic carboxylic acids is 1. The first-order valence-corrected chi connectivity index (χ1v) is 11.9. The van der Waals surface area contributed by atoms with E-state index in [4.69, 9.17) is 0 Å². The van der Waals surface area contributed by atoms with E-state index in [1.165, 1.54) is 50.2 Å². The Balaban J connectivity index is 1.70. The van der Waals surface area contributed by atoms with E-state index in [0.29, 0.717) is 16.8 Å². The summed E-state index contributed by atoms with van der Waals surface area (Å²) >= 11 is 0. The zero-order chi connectivity index (χ0) is 28.7. The second-order valence-corrected chi connectivity index (χ2v) is 9.48. The number of carboxylic acids is 1. The average molecular weight is 541 g/mol. The Bertz CT molecular complexity index is 1330. The summed E-state index contributed by atoms with van der Waals surface area (Å²) in [4.78, 5) is 40.8. The molecule has 2 aromatic rings. The molecule has 0 saturated heterocycles. The number of carboxylic acid groups (broad SMARTS) is 1. The number of hydrogen-bond acceptors (Lipinski definition) is 9. The molecule has 1 heterocycles. The van der Waals surface area contributed by atoms with Crippen LogP contribution in [0, 0.1) is 11.3 Å². The highest BCUT2D eigenvalue weighted by Gasteiger charge is 2.24. The van der Waals surface area contributed by atoms with E-state index in [2.05, 4.69) is 26.3 Å². The van der Waals surface area contributed by atoms with Crippen LogP contribution in [0.3, 0.4) is 0 Å². The minimum absolute atomic E-state index is 0.0173. The van der Waals surface area contributed by atoms with Crippen molar-refractivity contribution < 1.29 is 34.1 Å². The number of aromatic hydroxyl groups is 1. The number of nitrogens with one attached hydrogen (secondary N) is 4. The fourth-order valence-corrected chi connectivity index (χ4v) is 3.76. The van der Waals surface area contributed by atoms with E-state index in [-0.39, 0.29) is 35.9 Å². The molecule has 206 valence electrons. The third-order valence-electron chi connectivity index (χ3n) is 5.70. The number of hydrogen-bond donors (Lipinski definition) is 7. The maximum atomic E-state index is 13.2. The number of nitriles is 1. The van der Waals surface area contributed by atoms with E-state index in [9.17, 15) is 39.4 Å². The summed E-state index contributed by atoms with van der Waals surface area (Å²) < 4.78 is 13.2. The van der Waals surface area contributed by atoms with Crippen LogP contribution in [0.15, 0.2) is 41.4 Å². The standard InChI is InChI=1S/C26H29FN6O6/c1-26(2,39)17-4-14(10-28)3-15(5-17)21(9-23(36)37)33-22(35)13-29-24(38)16-6-19(8-20(34)7-16)32-25-30-11-18(27)12-31-25/h3-8,18,21,34,39H,9,11-13H2,1-2H3,(H,29,38)(H,33,35)(H,36,37)(H2,30,31,32). The fourth-order valence-electron chi connectivity index (χ4n) is 3.76. The molecule has 0 aliphatic carbocycles. The average Bonchev–Trinajstić information content (AvgIpc) is 2.86. The molecule has 13 heteroatoms. The van der Waals surface area contributed by atoms with Crippen molar-refractivity contribution in [3.63, 3.8) is 0 Å². The highest BCUT2D eigenvalue weighted by atomic mass is 19.1. The van der Waals surface area contributed by atoms with Gasteiger partial charge in [0, 0.05) is 17.3 Å². The number of alkyl halides is 1. The molecule has 2 atom stereocenters. The van der Waals surface area contributed by atoms with E-state index in [0.717, 1.165) is 0 Å². The predicted octanol–water partition coefficient (Wildman–Crippen LogP) is 1.26. The van der Waals surface area contributed by atoms with Crippen molar-refractivity contribution in [3.05, 3.63) is 58.7 Å². The van der Waals surface area contributed by atoms with Crippen molar-refractivity contribution >= 4 is 29.4 Å². The van der Waals surface area contributed by atoms with E-state index in [1.807, 2.05) is 6.07 Å². The molecule has 0 aromatic heterocycles. The molecule has 12 nitrogen and oxygen atoms in total. The van der Waals surface area contributed by atoms with Crippen molar-refractivity contribution in [2.45, 2.75) is 38.1 Å². The minimum atomic E-state index is -1.32.